The molecule has 0 aliphatic rings. The normalized spacial score (nSPS) is 12.2. The Morgan fingerprint density at radius 3 is 2.76 bits per heavy atom. The van der Waals surface area contributed by atoms with Gasteiger partial charge in [0.2, 0.25) is 10.9 Å². The fourth-order valence-corrected chi connectivity index (χ4v) is 2.68. The third kappa shape index (κ3) is 5.36. The van der Waals surface area contributed by atoms with Gasteiger partial charge < -0.3 is 4.74 Å². The maximum Gasteiger partial charge on any atom is 0.349 e. The van der Waals surface area contributed by atoms with Crippen LogP contribution >= 0.6 is 11.5 Å². The number of benzene rings is 1. The van der Waals surface area contributed by atoms with Crippen molar-refractivity contribution in [3.63, 3.8) is 0 Å². The lowest BCUT2D eigenvalue weighted by Crippen LogP contribution is -2.32. The smallest absolute Gasteiger partial charge is 0.349 e. The monoisotopic (exact) mass is 357 g/mol. The van der Waals surface area contributed by atoms with Crippen molar-refractivity contribution in [2.75, 3.05) is 7.11 Å². The highest BCUT2D eigenvalue weighted by Gasteiger charge is 2.11. The molecule has 0 saturated carbocycles. The van der Waals surface area contributed by atoms with Crippen molar-refractivity contribution in [2.45, 2.75) is 19.8 Å². The van der Waals surface area contributed by atoms with Gasteiger partial charge in [-0.1, -0.05) is 37.6 Å². The number of methoxy groups -OCH3 is 1. The van der Waals surface area contributed by atoms with E-state index in [0.717, 1.165) is 24.4 Å². The van der Waals surface area contributed by atoms with Gasteiger partial charge in [-0.3, -0.25) is 4.79 Å². The fourth-order valence-electron chi connectivity index (χ4n) is 1.86. The first-order valence-electron chi connectivity index (χ1n) is 7.81. The molecule has 25 heavy (non-hydrogen) atoms. The molecule has 0 aliphatic heterocycles. The van der Waals surface area contributed by atoms with Crippen LogP contribution in [-0.4, -0.2) is 23.4 Å². The van der Waals surface area contributed by atoms with Crippen LogP contribution in [0.25, 0.3) is 0 Å². The summed E-state index contributed by atoms with van der Waals surface area (Å²) in [5.41, 5.74) is 0.352. The highest BCUT2D eigenvalue weighted by atomic mass is 32.1. The number of para-hydroxylation sites is 1. The van der Waals surface area contributed by atoms with Crippen LogP contribution in [0.3, 0.4) is 0 Å². The maximum absolute atomic E-state index is 12.4. The second-order valence-electron chi connectivity index (χ2n) is 4.98. The lowest BCUT2D eigenvalue weighted by Gasteiger charge is -2.02. The van der Waals surface area contributed by atoms with Crippen LogP contribution in [0.1, 0.15) is 29.4 Å². The summed E-state index contributed by atoms with van der Waals surface area (Å²) in [6.07, 6.45) is 7.32. The molecule has 2 aromatic rings. The molecule has 0 aliphatic carbocycles. The Morgan fingerprint density at radius 1 is 1.32 bits per heavy atom. The van der Waals surface area contributed by atoms with Gasteiger partial charge in [-0.25, -0.2) is 9.79 Å². The lowest BCUT2D eigenvalue weighted by molar-refractivity contribution is 0.0605. The number of carbonyl (C=O) groups is 1. The Balaban J connectivity index is 2.55. The maximum atomic E-state index is 12.4. The van der Waals surface area contributed by atoms with Crippen molar-refractivity contribution in [1.82, 2.24) is 4.07 Å². The van der Waals surface area contributed by atoms with Crippen molar-refractivity contribution in [1.29, 1.82) is 0 Å². The molecule has 7 heteroatoms. The first-order valence-corrected chi connectivity index (χ1v) is 8.58. The molecule has 130 valence electrons. The minimum atomic E-state index is -0.584. The van der Waals surface area contributed by atoms with E-state index in [9.17, 15) is 9.59 Å². The second-order valence-corrected chi connectivity index (χ2v) is 5.95. The van der Waals surface area contributed by atoms with Gasteiger partial charge >= 0.3 is 5.97 Å². The third-order valence-electron chi connectivity index (χ3n) is 3.08. The van der Waals surface area contributed by atoms with Crippen LogP contribution in [0, 0.1) is 0 Å². The van der Waals surface area contributed by atoms with Gasteiger partial charge in [0.25, 0.3) is 0 Å². The number of nitrogens with zero attached hydrogens (tertiary/aromatic N) is 3. The van der Waals surface area contributed by atoms with E-state index in [-0.39, 0.29) is 10.4 Å². The van der Waals surface area contributed by atoms with Gasteiger partial charge in [0.1, 0.15) is 4.88 Å². The molecular weight excluding hydrogens is 338 g/mol. The summed E-state index contributed by atoms with van der Waals surface area (Å²) in [6, 6.07) is 10.3. The number of esters is 1. The number of allylic oxidation sites excluding steroid dienone is 2. The molecule has 0 atom stereocenters. The van der Waals surface area contributed by atoms with E-state index >= 15 is 0 Å². The number of aromatic nitrogens is 1. The van der Waals surface area contributed by atoms with Gasteiger partial charge in [0.15, 0.2) is 0 Å². The molecule has 0 fully saturated rings. The molecule has 0 radical (unpaired) electrons. The second kappa shape index (κ2) is 9.48. The van der Waals surface area contributed by atoms with Crippen molar-refractivity contribution in [3.8, 4) is 0 Å². The van der Waals surface area contributed by atoms with Crippen LogP contribution in [-0.2, 0) is 4.74 Å². The summed E-state index contributed by atoms with van der Waals surface area (Å²) in [4.78, 5) is 28.7. The summed E-state index contributed by atoms with van der Waals surface area (Å²) in [5, 5.41) is 4.23. The number of hydrogen-bond donors (Lipinski definition) is 0. The first-order chi connectivity index (χ1) is 12.2. The predicted octanol–water partition coefficient (Wildman–Crippen LogP) is 3.12. The van der Waals surface area contributed by atoms with E-state index < -0.39 is 11.4 Å². The molecule has 0 N–H and O–H groups in total. The lowest BCUT2D eigenvalue weighted by atomic mass is 10.3. The average Bonchev–Trinajstić information content (AvgIpc) is 2.64. The van der Waals surface area contributed by atoms with Crippen LogP contribution in [0.5, 0.6) is 0 Å². The summed E-state index contributed by atoms with van der Waals surface area (Å²) >= 11 is 0.996. The predicted molar refractivity (Wildman–Crippen MR) is 99.5 cm³/mol. The highest BCUT2D eigenvalue weighted by Crippen LogP contribution is 2.09. The Morgan fingerprint density at radius 2 is 2.08 bits per heavy atom. The van der Waals surface area contributed by atoms with E-state index in [4.69, 9.17) is 0 Å². The molecule has 0 bridgehead atoms. The number of carbonyl (C=O) groups excluding carboxylic acids is 1. The Labute approximate surface area is 149 Å². The Bertz CT molecular complexity index is 896. The van der Waals surface area contributed by atoms with Gasteiger partial charge in [0.05, 0.1) is 12.8 Å². The zero-order valence-electron chi connectivity index (χ0n) is 14.1. The minimum absolute atomic E-state index is 0.129. The Hall–Kier alpha value is -2.80. The summed E-state index contributed by atoms with van der Waals surface area (Å²) in [7, 11) is 1.27. The first kappa shape index (κ1) is 18.5. The molecule has 2 rings (SSSR count). The Kier molecular flexibility index (Phi) is 7.03. The minimum Gasteiger partial charge on any atom is -0.465 e. The molecule has 0 unspecified atom stereocenters. The number of rotatable bonds is 6. The summed E-state index contributed by atoms with van der Waals surface area (Å²) < 4.78 is 6.02. The van der Waals surface area contributed by atoms with E-state index in [1.807, 2.05) is 24.3 Å². The third-order valence-corrected chi connectivity index (χ3v) is 4.00. The van der Waals surface area contributed by atoms with E-state index in [1.54, 1.807) is 24.4 Å². The number of hydrogen-bond acceptors (Lipinski definition) is 6. The molecule has 6 nitrogen and oxygen atoms in total. The van der Waals surface area contributed by atoms with Crippen LogP contribution < -0.4 is 10.9 Å². The summed E-state index contributed by atoms with van der Waals surface area (Å²) in [5.74, 6) is -0.584. The van der Waals surface area contributed by atoms with Crippen LogP contribution in [0.4, 0.5) is 5.69 Å². The SMILES string of the molecule is CCC/C=C/C=N/n1sc(C(=O)OC)cc(=O)c1=Nc1ccccc1. The topological polar surface area (TPSA) is 73.0 Å². The molecular formula is C18H19N3O3S. The van der Waals surface area contributed by atoms with Gasteiger partial charge in [-0.15, -0.1) is 0 Å². The van der Waals surface area contributed by atoms with Crippen molar-refractivity contribution < 1.29 is 9.53 Å². The van der Waals surface area contributed by atoms with Crippen molar-refractivity contribution >= 4 is 29.4 Å². The van der Waals surface area contributed by atoms with Gasteiger partial charge in [0, 0.05) is 12.3 Å². The molecule has 1 aromatic heterocycles. The molecule has 1 aromatic carbocycles. The molecule has 0 amide bonds. The number of unbranched alkanes of at least 4 members (excludes halogenated alkanes) is 1. The largest absolute Gasteiger partial charge is 0.465 e. The standard InChI is InChI=1S/C18H19N3O3S/c1-3-4-5-9-12-19-21-17(20-14-10-7-6-8-11-14)15(22)13-16(25-21)18(23)24-2/h5-13H,3-4H2,1-2H3/b9-5+,19-12+,20-17?. The van der Waals surface area contributed by atoms with E-state index in [2.05, 4.69) is 21.8 Å². The van der Waals surface area contributed by atoms with Crippen LogP contribution in [0.2, 0.25) is 0 Å². The van der Waals surface area contributed by atoms with Crippen molar-refractivity contribution in [3.05, 3.63) is 69.1 Å². The molecule has 1 heterocycles. The van der Waals surface area contributed by atoms with Gasteiger partial charge in [-0.05, 0) is 36.2 Å². The van der Waals surface area contributed by atoms with E-state index in [1.165, 1.54) is 17.2 Å². The highest BCUT2D eigenvalue weighted by molar-refractivity contribution is 7.08. The molecule has 0 saturated heterocycles. The quantitative estimate of drug-likeness (QED) is 0.589. The fraction of sp³-hybridized carbons (Fsp3) is 0.222. The molecule has 0 spiro atoms. The zero-order valence-corrected chi connectivity index (χ0v) is 14.9. The summed E-state index contributed by atoms with van der Waals surface area (Å²) in [6.45, 7) is 2.08. The average molecular weight is 357 g/mol. The van der Waals surface area contributed by atoms with Crippen LogP contribution in [0.15, 0.2) is 63.4 Å². The van der Waals surface area contributed by atoms with E-state index in [0.29, 0.717) is 5.69 Å². The zero-order chi connectivity index (χ0) is 18.1. The number of ether oxygens (including phenoxy) is 1. The van der Waals surface area contributed by atoms with Crippen molar-refractivity contribution in [2.24, 2.45) is 10.1 Å². The van der Waals surface area contributed by atoms with Gasteiger partial charge in [-0.2, -0.15) is 9.17 Å².